The molecule has 0 aliphatic carbocycles. The van der Waals surface area contributed by atoms with Gasteiger partial charge in [0.1, 0.15) is 11.6 Å². The van der Waals surface area contributed by atoms with E-state index in [0.717, 1.165) is 24.3 Å². The van der Waals surface area contributed by atoms with Crippen LogP contribution in [-0.4, -0.2) is 15.7 Å². The minimum Gasteiger partial charge on any atom is -0.470 e. The lowest BCUT2D eigenvalue weighted by Crippen LogP contribution is -2.12. The Hall–Kier alpha value is -3.00. The number of nitrogens with zero attached hydrogens (tertiary/aromatic N) is 2. The van der Waals surface area contributed by atoms with Crippen molar-refractivity contribution in [3.8, 4) is 5.75 Å². The fourth-order valence-electron chi connectivity index (χ4n) is 2.07. The lowest BCUT2D eigenvalue weighted by Gasteiger charge is -2.07. The Morgan fingerprint density at radius 3 is 2.69 bits per heavy atom. The molecule has 0 fully saturated rings. The monoisotopic (exact) mass is 381 g/mol. The molecule has 3 rings (SSSR count). The van der Waals surface area contributed by atoms with Crippen LogP contribution in [0.1, 0.15) is 10.4 Å². The predicted molar refractivity (Wildman–Crippen MR) is 88.6 cm³/mol. The Morgan fingerprint density at radius 2 is 1.96 bits per heavy atom. The number of benzene rings is 2. The SMILES string of the molecule is O=C(Nc1cnn(COc2ccc(F)cc2Cl)c1)c1ccc(F)c(F)c1. The molecular weight excluding hydrogens is 371 g/mol. The number of anilines is 1. The number of ether oxygens (including phenoxy) is 1. The lowest BCUT2D eigenvalue weighted by atomic mass is 10.2. The standard InChI is InChI=1S/C17H11ClF3N3O2/c18-13-6-11(19)2-4-16(13)26-9-24-8-12(7-22-24)23-17(25)10-1-3-14(20)15(21)5-10/h1-8H,9H2,(H,23,25). The number of carbonyl (C=O) groups excluding carboxylic acids is 1. The molecular formula is C17H11ClF3N3O2. The van der Waals surface area contributed by atoms with Gasteiger partial charge >= 0.3 is 0 Å². The van der Waals surface area contributed by atoms with E-state index in [-0.39, 0.29) is 23.1 Å². The maximum Gasteiger partial charge on any atom is 0.255 e. The first-order valence-corrected chi connectivity index (χ1v) is 7.67. The number of halogens is 4. The van der Waals surface area contributed by atoms with E-state index in [1.54, 1.807) is 0 Å². The van der Waals surface area contributed by atoms with Crippen LogP contribution in [0.4, 0.5) is 18.9 Å². The van der Waals surface area contributed by atoms with Crippen LogP contribution in [0.3, 0.4) is 0 Å². The zero-order valence-electron chi connectivity index (χ0n) is 13.0. The average Bonchev–Trinajstić information content (AvgIpc) is 3.04. The molecule has 0 unspecified atom stereocenters. The number of rotatable bonds is 5. The molecule has 0 aliphatic rings. The van der Waals surface area contributed by atoms with Gasteiger partial charge in [-0.15, -0.1) is 0 Å². The molecule has 1 heterocycles. The van der Waals surface area contributed by atoms with Crippen LogP contribution < -0.4 is 10.1 Å². The molecule has 0 aliphatic heterocycles. The first-order chi connectivity index (χ1) is 12.4. The maximum atomic E-state index is 13.2. The fraction of sp³-hybridized carbons (Fsp3) is 0.0588. The van der Waals surface area contributed by atoms with Crippen LogP contribution in [0.5, 0.6) is 5.75 Å². The third kappa shape index (κ3) is 4.15. The first-order valence-electron chi connectivity index (χ1n) is 7.29. The molecule has 9 heteroatoms. The molecule has 5 nitrogen and oxygen atoms in total. The Bertz CT molecular complexity index is 962. The van der Waals surface area contributed by atoms with E-state index in [4.69, 9.17) is 16.3 Å². The van der Waals surface area contributed by atoms with Crippen LogP contribution in [0, 0.1) is 17.5 Å². The van der Waals surface area contributed by atoms with Gasteiger partial charge in [0, 0.05) is 5.56 Å². The van der Waals surface area contributed by atoms with Crippen molar-refractivity contribution in [2.75, 3.05) is 5.32 Å². The number of amides is 1. The molecule has 26 heavy (non-hydrogen) atoms. The van der Waals surface area contributed by atoms with Crippen LogP contribution in [0.15, 0.2) is 48.8 Å². The van der Waals surface area contributed by atoms with Gasteiger partial charge in [-0.2, -0.15) is 5.10 Å². The van der Waals surface area contributed by atoms with Crippen LogP contribution in [0.25, 0.3) is 0 Å². The lowest BCUT2D eigenvalue weighted by molar-refractivity contribution is 0.102. The second-order valence-electron chi connectivity index (χ2n) is 5.20. The van der Waals surface area contributed by atoms with Crippen molar-refractivity contribution in [1.29, 1.82) is 0 Å². The summed E-state index contributed by atoms with van der Waals surface area (Å²) < 4.78 is 45.8. The van der Waals surface area contributed by atoms with Crippen LogP contribution in [0.2, 0.25) is 5.02 Å². The first kappa shape index (κ1) is 17.8. The number of aromatic nitrogens is 2. The largest absolute Gasteiger partial charge is 0.470 e. The Morgan fingerprint density at radius 1 is 1.15 bits per heavy atom. The summed E-state index contributed by atoms with van der Waals surface area (Å²) in [6, 6.07) is 6.54. The van der Waals surface area contributed by atoms with E-state index in [1.165, 1.54) is 29.2 Å². The number of hydrogen-bond acceptors (Lipinski definition) is 3. The summed E-state index contributed by atoms with van der Waals surface area (Å²) >= 11 is 5.85. The summed E-state index contributed by atoms with van der Waals surface area (Å²) in [5.74, 6) is -2.98. The highest BCUT2D eigenvalue weighted by Gasteiger charge is 2.11. The Balaban J connectivity index is 1.62. The summed E-state index contributed by atoms with van der Waals surface area (Å²) in [5, 5.41) is 6.60. The van der Waals surface area contributed by atoms with E-state index in [0.29, 0.717) is 5.69 Å². The van der Waals surface area contributed by atoms with Gasteiger partial charge in [-0.05, 0) is 36.4 Å². The van der Waals surface area contributed by atoms with Gasteiger partial charge in [0.2, 0.25) is 0 Å². The molecule has 1 aromatic heterocycles. The van der Waals surface area contributed by atoms with Crippen molar-refractivity contribution in [2.45, 2.75) is 6.73 Å². The van der Waals surface area contributed by atoms with Gasteiger partial charge in [0.15, 0.2) is 18.4 Å². The third-order valence-electron chi connectivity index (χ3n) is 3.32. The smallest absolute Gasteiger partial charge is 0.255 e. The zero-order chi connectivity index (χ0) is 18.7. The average molecular weight is 382 g/mol. The molecule has 3 aromatic rings. The minimum atomic E-state index is -1.11. The van der Waals surface area contributed by atoms with E-state index < -0.39 is 23.4 Å². The Labute approximate surface area is 151 Å². The fourth-order valence-corrected chi connectivity index (χ4v) is 2.29. The molecule has 1 amide bonds. The van der Waals surface area contributed by atoms with Crippen molar-refractivity contribution in [1.82, 2.24) is 9.78 Å². The third-order valence-corrected chi connectivity index (χ3v) is 3.61. The van der Waals surface area contributed by atoms with Gasteiger partial charge in [-0.1, -0.05) is 11.6 Å². The predicted octanol–water partition coefficient (Wildman–Crippen LogP) is 4.24. The summed E-state index contributed by atoms with van der Waals surface area (Å²) in [5.41, 5.74) is 0.291. The summed E-state index contributed by atoms with van der Waals surface area (Å²) in [7, 11) is 0. The second kappa shape index (κ2) is 7.49. The molecule has 1 N–H and O–H groups in total. The van der Waals surface area contributed by atoms with Gasteiger partial charge in [-0.25, -0.2) is 17.9 Å². The van der Waals surface area contributed by atoms with Crippen molar-refractivity contribution in [3.05, 3.63) is 76.8 Å². The number of carbonyl (C=O) groups is 1. The molecule has 0 radical (unpaired) electrons. The normalized spacial score (nSPS) is 10.6. The Kier molecular flexibility index (Phi) is 5.13. The van der Waals surface area contributed by atoms with Crippen molar-refractivity contribution >= 4 is 23.2 Å². The van der Waals surface area contributed by atoms with Crippen LogP contribution >= 0.6 is 11.6 Å². The molecule has 0 atom stereocenters. The maximum absolute atomic E-state index is 13.2. The van der Waals surface area contributed by atoms with E-state index in [9.17, 15) is 18.0 Å². The van der Waals surface area contributed by atoms with E-state index in [2.05, 4.69) is 10.4 Å². The zero-order valence-corrected chi connectivity index (χ0v) is 13.8. The van der Waals surface area contributed by atoms with Gasteiger partial charge in [0.05, 0.1) is 23.1 Å². The molecule has 0 spiro atoms. The topological polar surface area (TPSA) is 56.2 Å². The summed E-state index contributed by atoms with van der Waals surface area (Å²) in [6.07, 6.45) is 2.82. The molecule has 2 aromatic carbocycles. The molecule has 0 bridgehead atoms. The highest BCUT2D eigenvalue weighted by atomic mass is 35.5. The van der Waals surface area contributed by atoms with Crippen LogP contribution in [-0.2, 0) is 6.73 Å². The van der Waals surface area contributed by atoms with E-state index >= 15 is 0 Å². The van der Waals surface area contributed by atoms with Gasteiger partial charge < -0.3 is 10.1 Å². The summed E-state index contributed by atoms with van der Waals surface area (Å²) in [6.45, 7) is -0.0353. The van der Waals surface area contributed by atoms with Crippen molar-refractivity contribution in [2.24, 2.45) is 0 Å². The highest BCUT2D eigenvalue weighted by Crippen LogP contribution is 2.25. The second-order valence-corrected chi connectivity index (χ2v) is 5.61. The highest BCUT2D eigenvalue weighted by molar-refractivity contribution is 6.32. The van der Waals surface area contributed by atoms with Gasteiger partial charge in [0.25, 0.3) is 5.91 Å². The van der Waals surface area contributed by atoms with E-state index in [1.807, 2.05) is 0 Å². The number of nitrogens with one attached hydrogen (secondary N) is 1. The van der Waals surface area contributed by atoms with Crippen molar-refractivity contribution < 1.29 is 22.7 Å². The molecule has 0 saturated carbocycles. The summed E-state index contributed by atoms with van der Waals surface area (Å²) in [4.78, 5) is 12.0. The van der Waals surface area contributed by atoms with Gasteiger partial charge in [-0.3, -0.25) is 4.79 Å². The molecule has 134 valence electrons. The number of hydrogen-bond donors (Lipinski definition) is 1. The quantitative estimate of drug-likeness (QED) is 0.719. The minimum absolute atomic E-state index is 0.0353. The molecule has 0 saturated heterocycles. The van der Waals surface area contributed by atoms with Crippen molar-refractivity contribution in [3.63, 3.8) is 0 Å².